The zero-order valence-corrected chi connectivity index (χ0v) is 12.6. The van der Waals surface area contributed by atoms with Gasteiger partial charge in [0.25, 0.3) is 0 Å². The molecule has 0 amide bonds. The van der Waals surface area contributed by atoms with Crippen molar-refractivity contribution in [2.75, 3.05) is 5.73 Å². The molecule has 3 N–H and O–H groups in total. The van der Waals surface area contributed by atoms with E-state index in [2.05, 4.69) is 26.2 Å². The molecule has 1 heterocycles. The molecule has 0 atom stereocenters. The first-order valence-corrected chi connectivity index (χ1v) is 6.96. The summed E-state index contributed by atoms with van der Waals surface area (Å²) in [5.74, 6) is -0.536. The second-order valence-corrected chi connectivity index (χ2v) is 5.17. The van der Waals surface area contributed by atoms with Crippen LogP contribution in [0.2, 0.25) is 0 Å². The van der Waals surface area contributed by atoms with Gasteiger partial charge in [0.05, 0.1) is 5.56 Å². The van der Waals surface area contributed by atoms with E-state index < -0.39 is 11.6 Å². The number of ketones is 1. The maximum absolute atomic E-state index is 13.6. The van der Waals surface area contributed by atoms with E-state index in [4.69, 9.17) is 5.73 Å². The van der Waals surface area contributed by atoms with E-state index in [0.29, 0.717) is 16.8 Å². The monoisotopic (exact) mass is 349 g/mol. The highest BCUT2D eigenvalue weighted by molar-refractivity contribution is 9.10. The van der Waals surface area contributed by atoms with Crippen LogP contribution in [-0.2, 0) is 6.54 Å². The minimum absolute atomic E-state index is 0.0251. The Hall–Kier alpha value is -2.21. The van der Waals surface area contributed by atoms with Gasteiger partial charge in [-0.2, -0.15) is 0 Å². The molecular formula is C15H13BrFN3O. The zero-order chi connectivity index (χ0) is 15.2. The molecule has 0 radical (unpaired) electrons. The fourth-order valence-corrected chi connectivity index (χ4v) is 2.02. The van der Waals surface area contributed by atoms with Crippen molar-refractivity contribution in [2.45, 2.75) is 6.54 Å². The van der Waals surface area contributed by atoms with Gasteiger partial charge in [-0.3, -0.25) is 4.79 Å². The zero-order valence-electron chi connectivity index (χ0n) is 11.0. The molecule has 108 valence electrons. The van der Waals surface area contributed by atoms with Crippen molar-refractivity contribution in [3.8, 4) is 0 Å². The minimum Gasteiger partial charge on any atom is -0.387 e. The molecule has 0 aliphatic carbocycles. The Labute approximate surface area is 130 Å². The summed E-state index contributed by atoms with van der Waals surface area (Å²) in [7, 11) is 0. The van der Waals surface area contributed by atoms with Gasteiger partial charge in [0, 0.05) is 35.1 Å². The third kappa shape index (κ3) is 4.13. The van der Waals surface area contributed by atoms with Gasteiger partial charge < -0.3 is 11.1 Å². The van der Waals surface area contributed by atoms with Gasteiger partial charge in [0.15, 0.2) is 5.78 Å². The second kappa shape index (κ2) is 6.99. The first kappa shape index (κ1) is 15.2. The Balaban J connectivity index is 1.95. The summed E-state index contributed by atoms with van der Waals surface area (Å²) < 4.78 is 14.2. The van der Waals surface area contributed by atoms with Crippen molar-refractivity contribution < 1.29 is 9.18 Å². The van der Waals surface area contributed by atoms with Gasteiger partial charge >= 0.3 is 0 Å². The minimum atomic E-state index is -0.560. The van der Waals surface area contributed by atoms with Crippen LogP contribution in [0, 0.1) is 5.82 Å². The second-order valence-electron chi connectivity index (χ2n) is 4.25. The van der Waals surface area contributed by atoms with Crippen LogP contribution in [0.4, 0.5) is 10.2 Å². The first-order valence-electron chi connectivity index (χ1n) is 6.16. The lowest BCUT2D eigenvalue weighted by Crippen LogP contribution is -2.09. The normalized spacial score (nSPS) is 10.8. The van der Waals surface area contributed by atoms with E-state index in [1.165, 1.54) is 24.4 Å². The molecule has 0 fully saturated rings. The summed E-state index contributed by atoms with van der Waals surface area (Å²) >= 11 is 3.14. The molecule has 0 saturated heterocycles. The van der Waals surface area contributed by atoms with Gasteiger partial charge in [-0.05, 0) is 24.3 Å². The average Bonchev–Trinajstić information content (AvgIpc) is 2.45. The van der Waals surface area contributed by atoms with Crippen molar-refractivity contribution in [3.05, 3.63) is 70.2 Å². The highest BCUT2D eigenvalue weighted by atomic mass is 79.9. The van der Waals surface area contributed by atoms with Crippen LogP contribution in [0.3, 0.4) is 0 Å². The molecule has 0 aliphatic heterocycles. The fraction of sp³-hybridized carbons (Fsp3) is 0.0667. The molecular weight excluding hydrogens is 337 g/mol. The number of hydrogen-bond acceptors (Lipinski definition) is 4. The Morgan fingerprint density at radius 1 is 1.43 bits per heavy atom. The van der Waals surface area contributed by atoms with Crippen molar-refractivity contribution >= 4 is 27.5 Å². The summed E-state index contributed by atoms with van der Waals surface area (Å²) in [6.07, 6.45) is 4.35. The van der Waals surface area contributed by atoms with E-state index in [1.807, 2.05) is 6.07 Å². The third-order valence-corrected chi connectivity index (χ3v) is 3.26. The lowest BCUT2D eigenvalue weighted by Gasteiger charge is -2.04. The Morgan fingerprint density at radius 3 is 2.95 bits per heavy atom. The Kier molecular flexibility index (Phi) is 5.05. The summed E-state index contributed by atoms with van der Waals surface area (Å²) in [5.41, 5.74) is 6.54. The number of anilines is 1. The van der Waals surface area contributed by atoms with Crippen LogP contribution in [-0.4, -0.2) is 10.8 Å². The molecule has 0 unspecified atom stereocenters. The SMILES string of the molecule is Nc1ncccc1CNC=CC(=O)c1ccc(Br)cc1F. The Bertz CT molecular complexity index is 688. The molecule has 6 heteroatoms. The molecule has 21 heavy (non-hydrogen) atoms. The van der Waals surface area contributed by atoms with Crippen molar-refractivity contribution in [2.24, 2.45) is 0 Å². The third-order valence-electron chi connectivity index (χ3n) is 2.77. The number of carbonyl (C=O) groups is 1. The standard InChI is InChI=1S/C15H13BrFN3O/c16-11-3-4-12(13(17)8-11)14(21)5-7-19-9-10-2-1-6-20-15(10)18/h1-8,19H,9H2,(H2,18,20). The van der Waals surface area contributed by atoms with E-state index in [0.717, 1.165) is 5.56 Å². The number of allylic oxidation sites excluding steroid dienone is 1. The molecule has 0 spiro atoms. The maximum atomic E-state index is 13.6. The van der Waals surface area contributed by atoms with Crippen LogP contribution in [0.1, 0.15) is 15.9 Å². The van der Waals surface area contributed by atoms with Crippen LogP contribution < -0.4 is 11.1 Å². The Morgan fingerprint density at radius 2 is 2.24 bits per heavy atom. The fourth-order valence-electron chi connectivity index (χ4n) is 1.68. The van der Waals surface area contributed by atoms with Crippen LogP contribution in [0.5, 0.6) is 0 Å². The quantitative estimate of drug-likeness (QED) is 0.643. The molecule has 1 aromatic carbocycles. The number of hydrogen-bond donors (Lipinski definition) is 2. The molecule has 1 aromatic heterocycles. The largest absolute Gasteiger partial charge is 0.387 e. The number of carbonyl (C=O) groups excluding carboxylic acids is 1. The maximum Gasteiger partial charge on any atom is 0.190 e. The lowest BCUT2D eigenvalue weighted by molar-refractivity contribution is 0.104. The number of halogens is 2. The number of nitrogens with zero attached hydrogens (tertiary/aromatic N) is 1. The van der Waals surface area contributed by atoms with E-state index in [-0.39, 0.29) is 5.56 Å². The smallest absolute Gasteiger partial charge is 0.190 e. The van der Waals surface area contributed by atoms with Crippen LogP contribution >= 0.6 is 15.9 Å². The number of rotatable bonds is 5. The van der Waals surface area contributed by atoms with Crippen molar-refractivity contribution in [1.82, 2.24) is 10.3 Å². The van der Waals surface area contributed by atoms with Crippen molar-refractivity contribution in [1.29, 1.82) is 0 Å². The molecule has 2 rings (SSSR count). The highest BCUT2D eigenvalue weighted by Crippen LogP contribution is 2.16. The number of benzene rings is 1. The molecule has 0 bridgehead atoms. The molecule has 4 nitrogen and oxygen atoms in total. The number of aromatic nitrogens is 1. The predicted molar refractivity (Wildman–Crippen MR) is 83.1 cm³/mol. The highest BCUT2D eigenvalue weighted by Gasteiger charge is 2.08. The van der Waals surface area contributed by atoms with Crippen LogP contribution in [0.15, 0.2) is 53.3 Å². The van der Waals surface area contributed by atoms with E-state index in [9.17, 15) is 9.18 Å². The van der Waals surface area contributed by atoms with Gasteiger partial charge in [0.1, 0.15) is 11.6 Å². The lowest BCUT2D eigenvalue weighted by atomic mass is 10.1. The summed E-state index contributed by atoms with van der Waals surface area (Å²) in [6, 6.07) is 7.92. The topological polar surface area (TPSA) is 68.0 Å². The molecule has 0 saturated carbocycles. The van der Waals surface area contributed by atoms with Gasteiger partial charge in [-0.25, -0.2) is 9.37 Å². The van der Waals surface area contributed by atoms with Gasteiger partial charge in [0.2, 0.25) is 0 Å². The molecule has 0 aliphatic rings. The summed E-state index contributed by atoms with van der Waals surface area (Å²) in [6.45, 7) is 0.437. The summed E-state index contributed by atoms with van der Waals surface area (Å²) in [4.78, 5) is 15.8. The van der Waals surface area contributed by atoms with Gasteiger partial charge in [-0.1, -0.05) is 22.0 Å². The number of pyridine rings is 1. The average molecular weight is 350 g/mol. The number of nitrogen functional groups attached to an aromatic ring is 1. The van der Waals surface area contributed by atoms with Crippen molar-refractivity contribution in [3.63, 3.8) is 0 Å². The number of nitrogens with two attached hydrogens (primary N) is 1. The summed E-state index contributed by atoms with van der Waals surface area (Å²) in [5, 5.41) is 2.92. The van der Waals surface area contributed by atoms with E-state index in [1.54, 1.807) is 18.3 Å². The first-order chi connectivity index (χ1) is 10.1. The molecule has 2 aromatic rings. The number of nitrogens with one attached hydrogen (secondary N) is 1. The predicted octanol–water partition coefficient (Wildman–Crippen LogP) is 3.05. The van der Waals surface area contributed by atoms with Crippen LogP contribution in [0.25, 0.3) is 0 Å². The van der Waals surface area contributed by atoms with Gasteiger partial charge in [-0.15, -0.1) is 0 Å². The van der Waals surface area contributed by atoms with E-state index >= 15 is 0 Å².